The van der Waals surface area contributed by atoms with Crippen molar-refractivity contribution in [3.8, 4) is 11.3 Å². The van der Waals surface area contributed by atoms with Gasteiger partial charge < -0.3 is 0 Å². The van der Waals surface area contributed by atoms with E-state index in [1.807, 2.05) is 30.5 Å². The van der Waals surface area contributed by atoms with Gasteiger partial charge in [0.25, 0.3) is 0 Å². The SMILES string of the molecule is Cc1nc(-c2cccc(N=[N+]=[N-])c2)cs1. The van der Waals surface area contributed by atoms with Crippen LogP contribution in [0.2, 0.25) is 0 Å². The summed E-state index contributed by atoms with van der Waals surface area (Å²) < 4.78 is 0. The van der Waals surface area contributed by atoms with Crippen LogP contribution < -0.4 is 0 Å². The largest absolute Gasteiger partial charge is 0.242 e. The quantitative estimate of drug-likeness (QED) is 0.424. The van der Waals surface area contributed by atoms with Crippen LogP contribution in [0.25, 0.3) is 21.7 Å². The Morgan fingerprint density at radius 3 is 3.00 bits per heavy atom. The highest BCUT2D eigenvalue weighted by atomic mass is 32.1. The van der Waals surface area contributed by atoms with Crippen LogP contribution in [0.5, 0.6) is 0 Å². The van der Waals surface area contributed by atoms with Gasteiger partial charge in [0.2, 0.25) is 0 Å². The Morgan fingerprint density at radius 2 is 2.33 bits per heavy atom. The second-order valence-electron chi connectivity index (χ2n) is 2.99. The maximum Gasteiger partial charge on any atom is 0.0901 e. The highest BCUT2D eigenvalue weighted by Crippen LogP contribution is 2.25. The van der Waals surface area contributed by atoms with Gasteiger partial charge in [-0.3, -0.25) is 0 Å². The van der Waals surface area contributed by atoms with E-state index >= 15 is 0 Å². The molecule has 0 unspecified atom stereocenters. The van der Waals surface area contributed by atoms with Crippen molar-refractivity contribution in [3.05, 3.63) is 45.1 Å². The van der Waals surface area contributed by atoms with Gasteiger partial charge in [0, 0.05) is 21.5 Å². The molecule has 0 N–H and O–H groups in total. The molecule has 2 aromatic rings. The van der Waals surface area contributed by atoms with Crippen molar-refractivity contribution >= 4 is 17.0 Å². The number of azide groups is 1. The summed E-state index contributed by atoms with van der Waals surface area (Å²) in [5.41, 5.74) is 10.8. The third kappa shape index (κ3) is 2.15. The third-order valence-corrected chi connectivity index (χ3v) is 2.69. The lowest BCUT2D eigenvalue weighted by atomic mass is 10.1. The lowest BCUT2D eigenvalue weighted by Gasteiger charge is -1.97. The number of nitrogens with zero attached hydrogens (tertiary/aromatic N) is 4. The molecule has 74 valence electrons. The highest BCUT2D eigenvalue weighted by Gasteiger charge is 2.01. The molecule has 0 spiro atoms. The summed E-state index contributed by atoms with van der Waals surface area (Å²) in [6.07, 6.45) is 0. The summed E-state index contributed by atoms with van der Waals surface area (Å²) in [7, 11) is 0. The van der Waals surface area contributed by atoms with Gasteiger partial charge in [-0.1, -0.05) is 23.3 Å². The number of thiazole rings is 1. The molecule has 0 aliphatic rings. The lowest BCUT2D eigenvalue weighted by molar-refractivity contribution is 1.30. The van der Waals surface area contributed by atoms with Gasteiger partial charge in [-0.25, -0.2) is 4.98 Å². The Hall–Kier alpha value is -1.84. The highest BCUT2D eigenvalue weighted by molar-refractivity contribution is 7.09. The van der Waals surface area contributed by atoms with Crippen LogP contribution in [0, 0.1) is 6.92 Å². The molecular formula is C10H8N4S. The zero-order valence-electron chi connectivity index (χ0n) is 8.08. The summed E-state index contributed by atoms with van der Waals surface area (Å²) in [5, 5.41) is 6.57. The first-order valence-electron chi connectivity index (χ1n) is 4.37. The first kappa shape index (κ1) is 9.71. The average Bonchev–Trinajstić information content (AvgIpc) is 2.66. The molecule has 0 bridgehead atoms. The second kappa shape index (κ2) is 4.13. The summed E-state index contributed by atoms with van der Waals surface area (Å²) in [6.45, 7) is 1.96. The van der Waals surface area contributed by atoms with Gasteiger partial charge in [-0.2, -0.15) is 0 Å². The van der Waals surface area contributed by atoms with Crippen LogP contribution in [0.4, 0.5) is 5.69 Å². The zero-order valence-corrected chi connectivity index (χ0v) is 8.90. The minimum Gasteiger partial charge on any atom is -0.242 e. The molecule has 0 saturated carbocycles. The summed E-state index contributed by atoms with van der Waals surface area (Å²) in [6, 6.07) is 7.40. The first-order valence-corrected chi connectivity index (χ1v) is 5.25. The van der Waals surface area contributed by atoms with Gasteiger partial charge >= 0.3 is 0 Å². The molecule has 0 saturated heterocycles. The van der Waals surface area contributed by atoms with Gasteiger partial charge in [0.15, 0.2) is 0 Å². The fourth-order valence-electron chi connectivity index (χ4n) is 1.28. The molecule has 0 radical (unpaired) electrons. The molecule has 4 nitrogen and oxygen atoms in total. The average molecular weight is 216 g/mol. The molecule has 0 aliphatic carbocycles. The van der Waals surface area contributed by atoms with Gasteiger partial charge in [-0.05, 0) is 18.5 Å². The van der Waals surface area contributed by atoms with E-state index in [-0.39, 0.29) is 0 Å². The standard InChI is InChI=1S/C10H8N4S/c1-7-12-10(6-15-7)8-3-2-4-9(5-8)13-14-11/h2-6H,1H3. The second-order valence-corrected chi connectivity index (χ2v) is 4.05. The van der Waals surface area contributed by atoms with Crippen molar-refractivity contribution < 1.29 is 0 Å². The van der Waals surface area contributed by atoms with E-state index in [4.69, 9.17) is 5.53 Å². The maximum absolute atomic E-state index is 8.33. The van der Waals surface area contributed by atoms with Crippen LogP contribution in [-0.2, 0) is 0 Å². The van der Waals surface area contributed by atoms with E-state index in [0.717, 1.165) is 16.3 Å². The molecule has 1 heterocycles. The summed E-state index contributed by atoms with van der Waals surface area (Å²) in [4.78, 5) is 7.12. The molecule has 1 aromatic carbocycles. The molecular weight excluding hydrogens is 208 g/mol. The van der Waals surface area contributed by atoms with Crippen molar-refractivity contribution in [2.45, 2.75) is 6.92 Å². The Morgan fingerprint density at radius 1 is 1.47 bits per heavy atom. The Bertz CT molecular complexity index is 526. The van der Waals surface area contributed by atoms with Gasteiger partial charge in [0.05, 0.1) is 10.7 Å². The number of aryl methyl sites for hydroxylation is 1. The monoisotopic (exact) mass is 216 g/mol. The topological polar surface area (TPSA) is 61.7 Å². The number of hydrogen-bond donors (Lipinski definition) is 0. The van der Waals surface area contributed by atoms with E-state index in [2.05, 4.69) is 15.0 Å². The molecule has 1 aromatic heterocycles. The van der Waals surface area contributed by atoms with E-state index in [0.29, 0.717) is 5.69 Å². The Kier molecular flexibility index (Phi) is 2.67. The number of aromatic nitrogens is 1. The van der Waals surface area contributed by atoms with Gasteiger partial charge in [0.1, 0.15) is 0 Å². The minimum absolute atomic E-state index is 0.612. The van der Waals surface area contributed by atoms with Gasteiger partial charge in [-0.15, -0.1) is 11.3 Å². The molecule has 0 atom stereocenters. The predicted octanol–water partition coefficient (Wildman–Crippen LogP) is 4.06. The van der Waals surface area contributed by atoms with Crippen molar-refractivity contribution in [3.63, 3.8) is 0 Å². The number of rotatable bonds is 2. The van der Waals surface area contributed by atoms with Crippen molar-refractivity contribution in [2.24, 2.45) is 5.11 Å². The van der Waals surface area contributed by atoms with Crippen molar-refractivity contribution in [2.75, 3.05) is 0 Å². The Labute approximate surface area is 90.8 Å². The predicted molar refractivity (Wildman–Crippen MR) is 61.1 cm³/mol. The van der Waals surface area contributed by atoms with Crippen LogP contribution in [-0.4, -0.2) is 4.98 Å². The molecule has 5 heteroatoms. The minimum atomic E-state index is 0.612. The summed E-state index contributed by atoms with van der Waals surface area (Å²) >= 11 is 1.60. The molecule has 15 heavy (non-hydrogen) atoms. The van der Waals surface area contributed by atoms with Crippen molar-refractivity contribution in [1.29, 1.82) is 0 Å². The smallest absolute Gasteiger partial charge is 0.0901 e. The van der Waals surface area contributed by atoms with E-state index in [1.165, 1.54) is 0 Å². The lowest BCUT2D eigenvalue weighted by Crippen LogP contribution is -1.77. The first-order chi connectivity index (χ1) is 7.29. The van der Waals surface area contributed by atoms with Crippen molar-refractivity contribution in [1.82, 2.24) is 4.98 Å². The summed E-state index contributed by atoms with van der Waals surface area (Å²) in [5.74, 6) is 0. The number of benzene rings is 1. The third-order valence-electron chi connectivity index (χ3n) is 1.92. The Balaban J connectivity index is 2.44. The van der Waals surface area contributed by atoms with E-state index in [1.54, 1.807) is 17.4 Å². The van der Waals surface area contributed by atoms with E-state index < -0.39 is 0 Å². The molecule has 0 aliphatic heterocycles. The molecule has 0 amide bonds. The molecule has 2 rings (SSSR count). The van der Waals surface area contributed by atoms with Crippen LogP contribution in [0.1, 0.15) is 5.01 Å². The maximum atomic E-state index is 8.33. The van der Waals surface area contributed by atoms with Crippen LogP contribution in [0.3, 0.4) is 0 Å². The fraction of sp³-hybridized carbons (Fsp3) is 0.100. The normalized spacial score (nSPS) is 9.67. The number of hydrogen-bond acceptors (Lipinski definition) is 3. The molecule has 0 fully saturated rings. The van der Waals surface area contributed by atoms with E-state index in [9.17, 15) is 0 Å². The van der Waals surface area contributed by atoms with Crippen LogP contribution >= 0.6 is 11.3 Å². The zero-order chi connectivity index (χ0) is 10.7. The fourth-order valence-corrected chi connectivity index (χ4v) is 1.90. The van der Waals surface area contributed by atoms with Crippen LogP contribution in [0.15, 0.2) is 34.8 Å².